The van der Waals surface area contributed by atoms with Gasteiger partial charge in [0.25, 0.3) is 0 Å². The first kappa shape index (κ1) is 22.5. The van der Waals surface area contributed by atoms with Gasteiger partial charge in [-0.25, -0.2) is 9.78 Å². The molecule has 0 atom stereocenters. The predicted molar refractivity (Wildman–Crippen MR) is 119 cm³/mol. The van der Waals surface area contributed by atoms with E-state index in [0.29, 0.717) is 22.4 Å². The first-order chi connectivity index (χ1) is 14.4. The number of hydrogen-bond donors (Lipinski definition) is 1. The molecule has 3 rings (SSSR count). The summed E-state index contributed by atoms with van der Waals surface area (Å²) in [6.07, 6.45) is 3.03. The second-order valence-electron chi connectivity index (χ2n) is 6.85. The molecule has 1 N–H and O–H groups in total. The van der Waals surface area contributed by atoms with Gasteiger partial charge in [0.1, 0.15) is 10.9 Å². The number of imidazole rings is 1. The van der Waals surface area contributed by atoms with Gasteiger partial charge in [0.15, 0.2) is 6.61 Å². The summed E-state index contributed by atoms with van der Waals surface area (Å²) in [6.45, 7) is 4.75. The Morgan fingerprint density at radius 2 is 2.00 bits per heavy atom. The highest BCUT2D eigenvalue weighted by atomic mass is 35.5. The number of amides is 1. The molecule has 6 nitrogen and oxygen atoms in total. The van der Waals surface area contributed by atoms with Gasteiger partial charge in [0, 0.05) is 34.4 Å². The predicted octanol–water partition coefficient (Wildman–Crippen LogP) is 5.76. The van der Waals surface area contributed by atoms with E-state index >= 15 is 0 Å². The highest BCUT2D eigenvalue weighted by Gasteiger charge is 2.22. The van der Waals surface area contributed by atoms with Crippen LogP contribution in [0.3, 0.4) is 0 Å². The number of aromatic nitrogens is 3. The fourth-order valence-electron chi connectivity index (χ4n) is 2.83. The Morgan fingerprint density at radius 1 is 1.27 bits per heavy atom. The number of benzene rings is 1. The van der Waals surface area contributed by atoms with Crippen LogP contribution in [0, 0.1) is 0 Å². The molecule has 0 aliphatic carbocycles. The second-order valence-corrected chi connectivity index (χ2v) is 8.79. The maximum atomic E-state index is 11.6. The van der Waals surface area contributed by atoms with Gasteiger partial charge in [0.2, 0.25) is 0 Å². The Morgan fingerprint density at radius 3 is 2.60 bits per heavy atom. The summed E-state index contributed by atoms with van der Waals surface area (Å²) in [6, 6.07) is 9.32. The van der Waals surface area contributed by atoms with Crippen molar-refractivity contribution >= 4 is 41.1 Å². The maximum absolute atomic E-state index is 11.6. The summed E-state index contributed by atoms with van der Waals surface area (Å²) in [5, 5.41) is 4.54. The van der Waals surface area contributed by atoms with Gasteiger partial charge in [0.05, 0.1) is 12.2 Å². The van der Waals surface area contributed by atoms with E-state index in [1.54, 1.807) is 12.3 Å². The zero-order chi connectivity index (χ0) is 21.7. The largest absolute Gasteiger partial charge is 0.441 e. The summed E-state index contributed by atoms with van der Waals surface area (Å²) >= 11 is 13.9. The third-order valence-electron chi connectivity index (χ3n) is 4.22. The Hall–Kier alpha value is -2.22. The average molecular weight is 465 g/mol. The smallest absolute Gasteiger partial charge is 0.407 e. The van der Waals surface area contributed by atoms with Crippen molar-refractivity contribution in [3.05, 3.63) is 69.9 Å². The van der Waals surface area contributed by atoms with Crippen molar-refractivity contribution < 1.29 is 9.53 Å². The lowest BCUT2D eigenvalue weighted by molar-refractivity contribution is 0.137. The van der Waals surface area contributed by atoms with Crippen molar-refractivity contribution in [2.24, 2.45) is 0 Å². The number of ether oxygens (including phenoxy) is 1. The summed E-state index contributed by atoms with van der Waals surface area (Å²) in [5.41, 5.74) is 1.92. The number of carbonyl (C=O) groups excluding carboxylic acids is 1. The van der Waals surface area contributed by atoms with Crippen molar-refractivity contribution in [3.63, 3.8) is 0 Å². The Balaban J connectivity index is 2.06. The first-order valence-corrected chi connectivity index (χ1v) is 10.9. The molecule has 2 heterocycles. The van der Waals surface area contributed by atoms with Crippen LogP contribution in [0.1, 0.15) is 36.8 Å². The minimum atomic E-state index is -0.507. The molecule has 0 saturated heterocycles. The Labute approximate surface area is 190 Å². The van der Waals surface area contributed by atoms with E-state index in [0.717, 1.165) is 21.2 Å². The molecule has 9 heteroatoms. The molecule has 0 aliphatic heterocycles. The van der Waals surface area contributed by atoms with Crippen molar-refractivity contribution in [3.8, 4) is 0 Å². The van der Waals surface area contributed by atoms with E-state index in [1.807, 2.05) is 30.5 Å². The number of rotatable bonds is 7. The number of nitrogens with zero attached hydrogens (tertiary/aromatic N) is 3. The van der Waals surface area contributed by atoms with Gasteiger partial charge in [-0.15, -0.1) is 0 Å². The van der Waals surface area contributed by atoms with E-state index in [2.05, 4.69) is 28.7 Å². The molecule has 0 spiro atoms. The van der Waals surface area contributed by atoms with Gasteiger partial charge < -0.3 is 14.6 Å². The molecule has 0 unspecified atom stereocenters. The quantitative estimate of drug-likeness (QED) is 0.480. The van der Waals surface area contributed by atoms with Crippen LogP contribution in [0.15, 0.2) is 52.6 Å². The van der Waals surface area contributed by atoms with E-state index in [-0.39, 0.29) is 12.5 Å². The number of nitrogens with one attached hydrogen (secondary N) is 1. The van der Waals surface area contributed by atoms with Crippen molar-refractivity contribution in [2.75, 3.05) is 7.05 Å². The van der Waals surface area contributed by atoms with Crippen LogP contribution >= 0.6 is 35.0 Å². The third kappa shape index (κ3) is 5.68. The molecule has 0 saturated carbocycles. The molecular formula is C21H22Cl2N4O2S. The first-order valence-electron chi connectivity index (χ1n) is 9.34. The number of carbonyl (C=O) groups is 1. The molecule has 0 bridgehead atoms. The minimum absolute atomic E-state index is 0.0521. The lowest BCUT2D eigenvalue weighted by Gasteiger charge is -2.14. The molecule has 3 aromatic rings. The normalized spacial score (nSPS) is 11.0. The monoisotopic (exact) mass is 464 g/mol. The number of pyridine rings is 1. The van der Waals surface area contributed by atoms with Crippen LogP contribution in [0.5, 0.6) is 0 Å². The Kier molecular flexibility index (Phi) is 7.64. The van der Waals surface area contributed by atoms with E-state index in [9.17, 15) is 4.79 Å². The number of hydrogen-bond acceptors (Lipinski definition) is 5. The highest BCUT2D eigenvalue weighted by Crippen LogP contribution is 2.37. The molecule has 158 valence electrons. The molecule has 30 heavy (non-hydrogen) atoms. The lowest BCUT2D eigenvalue weighted by atomic mass is 10.1. The topological polar surface area (TPSA) is 69.0 Å². The standard InChI is InChI=1S/C21H22Cl2N4O2S/c1-13(2)19-20(30-17-8-15(22)7-16(23)9-17)27(11-14-5-4-6-25-10-14)18(26-19)12-29-21(28)24-3/h4-10,13H,11-12H2,1-3H3,(H,24,28). The molecule has 0 aliphatic rings. The molecule has 0 fully saturated rings. The van der Waals surface area contributed by atoms with Gasteiger partial charge in [-0.1, -0.05) is 54.9 Å². The summed E-state index contributed by atoms with van der Waals surface area (Å²) < 4.78 is 7.34. The maximum Gasteiger partial charge on any atom is 0.407 e. The van der Waals surface area contributed by atoms with Gasteiger partial charge >= 0.3 is 6.09 Å². The van der Waals surface area contributed by atoms with E-state index in [4.69, 9.17) is 32.9 Å². The average Bonchev–Trinajstić information content (AvgIpc) is 3.03. The van der Waals surface area contributed by atoms with Crippen LogP contribution in [-0.2, 0) is 17.9 Å². The molecular weight excluding hydrogens is 443 g/mol. The molecule has 0 radical (unpaired) electrons. The summed E-state index contributed by atoms with van der Waals surface area (Å²) in [5.74, 6) is 0.817. The second kappa shape index (κ2) is 10.2. The van der Waals surface area contributed by atoms with Crippen molar-refractivity contribution in [2.45, 2.75) is 42.8 Å². The van der Waals surface area contributed by atoms with Crippen molar-refractivity contribution in [1.82, 2.24) is 19.9 Å². The minimum Gasteiger partial charge on any atom is -0.441 e. The van der Waals surface area contributed by atoms with Gasteiger partial charge in [-0.2, -0.15) is 0 Å². The summed E-state index contributed by atoms with van der Waals surface area (Å²) in [7, 11) is 1.52. The Bertz CT molecular complexity index is 1010. The zero-order valence-electron chi connectivity index (χ0n) is 16.9. The van der Waals surface area contributed by atoms with Gasteiger partial charge in [-0.05, 0) is 35.7 Å². The van der Waals surface area contributed by atoms with E-state index in [1.165, 1.54) is 18.8 Å². The van der Waals surface area contributed by atoms with Crippen LogP contribution in [0.2, 0.25) is 10.0 Å². The SMILES string of the molecule is CNC(=O)OCc1nc(C(C)C)c(Sc2cc(Cl)cc(Cl)c2)n1Cc1cccnc1. The molecule has 1 aromatic carbocycles. The van der Waals surface area contributed by atoms with Crippen LogP contribution < -0.4 is 5.32 Å². The highest BCUT2D eigenvalue weighted by molar-refractivity contribution is 7.99. The third-order valence-corrected chi connectivity index (χ3v) is 5.75. The summed E-state index contributed by atoms with van der Waals surface area (Å²) in [4.78, 5) is 21.5. The van der Waals surface area contributed by atoms with E-state index < -0.39 is 6.09 Å². The van der Waals surface area contributed by atoms with Crippen molar-refractivity contribution in [1.29, 1.82) is 0 Å². The lowest BCUT2D eigenvalue weighted by Crippen LogP contribution is -2.20. The molecule has 1 amide bonds. The van der Waals surface area contributed by atoms with Crippen LogP contribution in [-0.4, -0.2) is 27.7 Å². The van der Waals surface area contributed by atoms with Crippen LogP contribution in [0.25, 0.3) is 0 Å². The fourth-order valence-corrected chi connectivity index (χ4v) is 4.75. The fraction of sp³-hybridized carbons (Fsp3) is 0.286. The number of halogens is 2. The zero-order valence-corrected chi connectivity index (χ0v) is 19.2. The van der Waals surface area contributed by atoms with Gasteiger partial charge in [-0.3, -0.25) is 4.98 Å². The molecule has 2 aromatic heterocycles. The number of alkyl carbamates (subject to hydrolysis) is 1. The van der Waals surface area contributed by atoms with Crippen LogP contribution in [0.4, 0.5) is 4.79 Å².